The Balaban J connectivity index is 1.59. The van der Waals surface area contributed by atoms with Gasteiger partial charge in [0.1, 0.15) is 11.8 Å². The van der Waals surface area contributed by atoms with Crippen LogP contribution in [-0.4, -0.2) is 47.6 Å². The maximum Gasteiger partial charge on any atom is 0.427 e. The van der Waals surface area contributed by atoms with E-state index in [-0.39, 0.29) is 28.5 Å². The van der Waals surface area contributed by atoms with E-state index in [2.05, 4.69) is 12.2 Å². The molecule has 2 fully saturated rings. The largest absolute Gasteiger partial charge is 0.497 e. The van der Waals surface area contributed by atoms with Crippen molar-refractivity contribution < 1.29 is 18.8 Å². The highest BCUT2D eigenvalue weighted by molar-refractivity contribution is 5.99. The molecule has 2 bridgehead atoms. The molecule has 0 spiro atoms. The molecule has 5 unspecified atom stereocenters. The van der Waals surface area contributed by atoms with Gasteiger partial charge >= 0.3 is 6.03 Å². The molecule has 138 valence electrons. The van der Waals surface area contributed by atoms with Crippen LogP contribution in [0, 0.1) is 11.8 Å². The first-order chi connectivity index (χ1) is 12.4. The third-order valence-electron chi connectivity index (χ3n) is 6.80. The summed E-state index contributed by atoms with van der Waals surface area (Å²) in [5.41, 5.74) is 0.943. The molecule has 0 aromatic heterocycles. The van der Waals surface area contributed by atoms with Gasteiger partial charge in [0, 0.05) is 12.3 Å². The number of ether oxygens (including phenoxy) is 1. The lowest BCUT2D eigenvalue weighted by molar-refractivity contribution is -0.871. The molecule has 1 aliphatic heterocycles. The van der Waals surface area contributed by atoms with Crippen molar-refractivity contribution in [1.29, 1.82) is 0 Å². The number of rotatable bonds is 4. The summed E-state index contributed by atoms with van der Waals surface area (Å²) < 4.78 is 5.40. The van der Waals surface area contributed by atoms with Crippen molar-refractivity contribution in [3.63, 3.8) is 0 Å². The van der Waals surface area contributed by atoms with Crippen LogP contribution in [0.1, 0.15) is 31.7 Å². The highest BCUT2D eigenvalue weighted by Gasteiger charge is 2.61. The normalized spacial score (nSPS) is 36.0. The molecule has 3 aliphatic carbocycles. The zero-order valence-corrected chi connectivity index (χ0v) is 15.7. The number of fused-ring (bicyclic) bond motifs is 2. The number of amides is 3. The van der Waals surface area contributed by atoms with E-state index in [4.69, 9.17) is 4.74 Å². The number of imide groups is 1. The summed E-state index contributed by atoms with van der Waals surface area (Å²) in [6.07, 6.45) is 7.94. The third-order valence-corrected chi connectivity index (χ3v) is 6.80. The van der Waals surface area contributed by atoms with Crippen LogP contribution in [0.3, 0.4) is 0 Å². The highest BCUT2D eigenvalue weighted by atomic mass is 16.5. The van der Waals surface area contributed by atoms with E-state index in [1.165, 1.54) is 11.3 Å². The van der Waals surface area contributed by atoms with E-state index >= 15 is 0 Å². The number of likely N-dealkylation sites (N-methyl/N-ethyl adjacent to an activating group) is 1. The standard InChI is InChI=1S/C21H27N2O3/c1-14-20(24)22(13-16-6-10-18(26-3)11-7-16)21(25)23(14,2)19-12-15-4-8-17(19)9-5-15/h4,6-8,10-11,14-15,17,19H,5,9,12-13H2,1-3H3/q+1. The molecule has 5 atom stereocenters. The molecule has 1 saturated heterocycles. The van der Waals surface area contributed by atoms with E-state index in [0.29, 0.717) is 18.4 Å². The zero-order chi connectivity index (χ0) is 18.5. The number of hydrogen-bond acceptors (Lipinski definition) is 3. The molecule has 26 heavy (non-hydrogen) atoms. The van der Waals surface area contributed by atoms with Crippen LogP contribution in [-0.2, 0) is 11.3 Å². The van der Waals surface area contributed by atoms with Gasteiger partial charge in [0.05, 0.1) is 20.7 Å². The Morgan fingerprint density at radius 3 is 2.42 bits per heavy atom. The summed E-state index contributed by atoms with van der Waals surface area (Å²) in [4.78, 5) is 27.8. The topological polar surface area (TPSA) is 46.6 Å². The van der Waals surface area contributed by atoms with Crippen LogP contribution in [0.5, 0.6) is 5.75 Å². The van der Waals surface area contributed by atoms with Crippen molar-refractivity contribution in [2.45, 2.75) is 44.8 Å². The fourth-order valence-corrected chi connectivity index (χ4v) is 4.98. The Morgan fingerprint density at radius 1 is 1.15 bits per heavy atom. The number of nitrogens with zero attached hydrogens (tertiary/aromatic N) is 2. The lowest BCUT2D eigenvalue weighted by Crippen LogP contribution is -2.62. The Bertz CT molecular complexity index is 757. The summed E-state index contributed by atoms with van der Waals surface area (Å²) in [6, 6.07) is 7.40. The maximum atomic E-state index is 13.4. The van der Waals surface area contributed by atoms with Gasteiger partial charge in [-0.1, -0.05) is 24.3 Å². The predicted octanol–water partition coefficient (Wildman–Crippen LogP) is 3.35. The predicted molar refractivity (Wildman–Crippen MR) is 98.3 cm³/mol. The Kier molecular flexibility index (Phi) is 4.14. The lowest BCUT2D eigenvalue weighted by Gasteiger charge is -2.46. The summed E-state index contributed by atoms with van der Waals surface area (Å²) in [5, 5.41) is 0. The Labute approximate surface area is 154 Å². The fourth-order valence-electron chi connectivity index (χ4n) is 4.98. The van der Waals surface area contributed by atoms with Gasteiger partial charge in [-0.15, -0.1) is 0 Å². The number of urea groups is 1. The number of quaternary nitrogens is 1. The summed E-state index contributed by atoms with van der Waals surface area (Å²) in [6.45, 7) is 2.25. The first-order valence-electron chi connectivity index (χ1n) is 9.48. The van der Waals surface area contributed by atoms with Gasteiger partial charge < -0.3 is 4.74 Å². The fraction of sp³-hybridized carbons (Fsp3) is 0.524. The molecule has 5 rings (SSSR count). The molecule has 4 aliphatic rings. The average molecular weight is 355 g/mol. The first-order valence-corrected chi connectivity index (χ1v) is 9.48. The highest BCUT2D eigenvalue weighted by Crippen LogP contribution is 2.44. The van der Waals surface area contributed by atoms with E-state index in [1.807, 2.05) is 38.2 Å². The van der Waals surface area contributed by atoms with Crippen molar-refractivity contribution in [3.8, 4) is 5.75 Å². The number of benzene rings is 1. The average Bonchev–Trinajstić information content (AvgIpc) is 2.85. The minimum atomic E-state index is -0.321. The minimum absolute atomic E-state index is 0.0516. The molecule has 1 aromatic carbocycles. The Morgan fingerprint density at radius 2 is 1.88 bits per heavy atom. The number of hydrogen-bond donors (Lipinski definition) is 0. The third kappa shape index (κ3) is 2.49. The zero-order valence-electron chi connectivity index (χ0n) is 15.7. The van der Waals surface area contributed by atoms with Gasteiger partial charge in [-0.2, -0.15) is 0 Å². The number of allylic oxidation sites excluding steroid dienone is 1. The Hall–Kier alpha value is -2.14. The van der Waals surface area contributed by atoms with E-state index < -0.39 is 0 Å². The summed E-state index contributed by atoms with van der Waals surface area (Å²) in [5.74, 6) is 1.68. The van der Waals surface area contributed by atoms with Gasteiger partial charge in [0.25, 0.3) is 5.91 Å². The molecular formula is C21H27N2O3+. The van der Waals surface area contributed by atoms with E-state index in [9.17, 15) is 9.59 Å². The number of methoxy groups -OCH3 is 1. The molecule has 0 N–H and O–H groups in total. The monoisotopic (exact) mass is 355 g/mol. The van der Waals surface area contributed by atoms with Crippen LogP contribution in [0.2, 0.25) is 0 Å². The van der Waals surface area contributed by atoms with Crippen LogP contribution >= 0.6 is 0 Å². The molecule has 0 radical (unpaired) electrons. The second kappa shape index (κ2) is 6.23. The number of carbonyl (C=O) groups is 2. The van der Waals surface area contributed by atoms with Gasteiger partial charge in [0.15, 0.2) is 6.04 Å². The second-order valence-electron chi connectivity index (χ2n) is 8.07. The molecule has 1 aromatic rings. The summed E-state index contributed by atoms with van der Waals surface area (Å²) in [7, 11) is 3.59. The molecule has 3 amide bonds. The molecule has 1 heterocycles. The first kappa shape index (κ1) is 17.3. The van der Waals surface area contributed by atoms with Crippen LogP contribution in [0.4, 0.5) is 4.79 Å². The smallest absolute Gasteiger partial charge is 0.427 e. The quantitative estimate of drug-likeness (QED) is 0.473. The lowest BCUT2D eigenvalue weighted by atomic mass is 9.71. The van der Waals surface area contributed by atoms with E-state index in [0.717, 1.165) is 24.2 Å². The van der Waals surface area contributed by atoms with Crippen molar-refractivity contribution in [3.05, 3.63) is 42.0 Å². The minimum Gasteiger partial charge on any atom is -0.497 e. The molecule has 5 heteroatoms. The van der Waals surface area contributed by atoms with Crippen LogP contribution < -0.4 is 4.74 Å². The SMILES string of the molecule is COc1ccc(CN2C(=O)C(C)[N+](C)(C3CC4C=CC3CC4)C2=O)cc1. The summed E-state index contributed by atoms with van der Waals surface area (Å²) >= 11 is 0. The van der Waals surface area contributed by atoms with Gasteiger partial charge in [0.2, 0.25) is 0 Å². The van der Waals surface area contributed by atoms with Crippen LogP contribution in [0.25, 0.3) is 0 Å². The van der Waals surface area contributed by atoms with Crippen molar-refractivity contribution in [1.82, 2.24) is 4.90 Å². The van der Waals surface area contributed by atoms with Crippen molar-refractivity contribution >= 4 is 11.9 Å². The van der Waals surface area contributed by atoms with Gasteiger partial charge in [-0.05, 0) is 43.4 Å². The van der Waals surface area contributed by atoms with Gasteiger partial charge in [-0.25, -0.2) is 14.2 Å². The van der Waals surface area contributed by atoms with Crippen molar-refractivity contribution in [2.24, 2.45) is 11.8 Å². The second-order valence-corrected chi connectivity index (χ2v) is 8.07. The van der Waals surface area contributed by atoms with Gasteiger partial charge in [-0.3, -0.25) is 4.79 Å². The van der Waals surface area contributed by atoms with E-state index in [1.54, 1.807) is 7.11 Å². The molecule has 1 saturated carbocycles. The van der Waals surface area contributed by atoms with Crippen LogP contribution in [0.15, 0.2) is 36.4 Å². The molecule has 5 nitrogen and oxygen atoms in total. The van der Waals surface area contributed by atoms with Crippen molar-refractivity contribution in [2.75, 3.05) is 14.2 Å². The number of carbonyl (C=O) groups excluding carboxylic acids is 2. The maximum absolute atomic E-state index is 13.4. The molecular weight excluding hydrogens is 328 g/mol.